The zero-order valence-corrected chi connectivity index (χ0v) is 7.71. The lowest BCUT2D eigenvalue weighted by Gasteiger charge is -2.08. The Balaban J connectivity index is 2.61. The van der Waals surface area contributed by atoms with Crippen molar-refractivity contribution in [3.05, 3.63) is 36.2 Å². The number of aliphatic carboxylic acids is 1. The Hall–Kier alpha value is -1.84. The molecule has 4 heteroatoms. The lowest BCUT2D eigenvalue weighted by molar-refractivity contribution is -0.138. The summed E-state index contributed by atoms with van der Waals surface area (Å²) in [6, 6.07) is 7.35. The lowest BCUT2D eigenvalue weighted by atomic mass is 10.1. The molecule has 0 saturated carbocycles. The van der Waals surface area contributed by atoms with Gasteiger partial charge in [0, 0.05) is 6.20 Å². The van der Waals surface area contributed by atoms with Crippen molar-refractivity contribution < 1.29 is 9.90 Å². The van der Waals surface area contributed by atoms with Crippen LogP contribution >= 0.6 is 0 Å². The van der Waals surface area contributed by atoms with Gasteiger partial charge in [-0.25, -0.2) is 4.52 Å². The van der Waals surface area contributed by atoms with Crippen LogP contribution in [0.2, 0.25) is 0 Å². The molecule has 0 spiro atoms. The molecule has 0 saturated heterocycles. The summed E-state index contributed by atoms with van der Waals surface area (Å²) >= 11 is 0. The van der Waals surface area contributed by atoms with E-state index in [1.807, 2.05) is 18.2 Å². The van der Waals surface area contributed by atoms with Crippen LogP contribution in [0.1, 0.15) is 18.5 Å². The van der Waals surface area contributed by atoms with Gasteiger partial charge in [0.2, 0.25) is 0 Å². The Morgan fingerprint density at radius 3 is 3.00 bits per heavy atom. The highest BCUT2D eigenvalue weighted by Gasteiger charge is 2.16. The predicted molar refractivity (Wildman–Crippen MR) is 51.2 cm³/mol. The summed E-state index contributed by atoms with van der Waals surface area (Å²) in [5, 5.41) is 13.0. The van der Waals surface area contributed by atoms with Gasteiger partial charge >= 0.3 is 5.97 Å². The predicted octanol–water partition coefficient (Wildman–Crippen LogP) is 1.52. The first-order chi connectivity index (χ1) is 6.70. The van der Waals surface area contributed by atoms with E-state index < -0.39 is 11.9 Å². The number of carbonyl (C=O) groups is 1. The Morgan fingerprint density at radius 2 is 2.29 bits per heavy atom. The molecule has 0 bridgehead atoms. The van der Waals surface area contributed by atoms with E-state index in [-0.39, 0.29) is 0 Å². The quantitative estimate of drug-likeness (QED) is 0.781. The van der Waals surface area contributed by atoms with Gasteiger partial charge in [-0.05, 0) is 25.1 Å². The summed E-state index contributed by atoms with van der Waals surface area (Å²) in [7, 11) is 0. The number of nitrogens with zero attached hydrogens (tertiary/aromatic N) is 2. The number of rotatable bonds is 2. The number of hydrogen-bond donors (Lipinski definition) is 1. The Kier molecular flexibility index (Phi) is 1.96. The van der Waals surface area contributed by atoms with Gasteiger partial charge in [0.25, 0.3) is 0 Å². The molecule has 2 aromatic heterocycles. The highest BCUT2D eigenvalue weighted by Crippen LogP contribution is 2.16. The maximum absolute atomic E-state index is 10.8. The maximum Gasteiger partial charge on any atom is 0.312 e. The van der Waals surface area contributed by atoms with Crippen LogP contribution in [0, 0.1) is 0 Å². The van der Waals surface area contributed by atoms with Crippen molar-refractivity contribution in [2.45, 2.75) is 12.8 Å². The third kappa shape index (κ3) is 1.25. The molecular weight excluding hydrogens is 180 g/mol. The highest BCUT2D eigenvalue weighted by atomic mass is 16.4. The van der Waals surface area contributed by atoms with Gasteiger partial charge in [-0.2, -0.15) is 5.10 Å². The van der Waals surface area contributed by atoms with Crippen LogP contribution in [-0.2, 0) is 4.79 Å². The molecule has 0 radical (unpaired) electrons. The summed E-state index contributed by atoms with van der Waals surface area (Å²) in [6.07, 6.45) is 1.66. The second-order valence-corrected chi connectivity index (χ2v) is 3.18. The molecular formula is C10H10N2O2. The van der Waals surface area contributed by atoms with Gasteiger partial charge in [0.15, 0.2) is 0 Å². The molecule has 2 heterocycles. The monoisotopic (exact) mass is 190 g/mol. The minimum absolute atomic E-state index is 0.543. The third-order valence-corrected chi connectivity index (χ3v) is 2.26. The van der Waals surface area contributed by atoms with Crippen molar-refractivity contribution in [1.29, 1.82) is 0 Å². The van der Waals surface area contributed by atoms with E-state index in [1.54, 1.807) is 23.7 Å². The number of carboxylic acids is 1. The standard InChI is InChI=1S/C10H10N2O2/c1-7(10(13)14)9-4-2-3-8-5-6-11-12(8)9/h2-7H,1H3,(H,13,14). The minimum atomic E-state index is -0.840. The molecule has 0 aromatic carbocycles. The fourth-order valence-electron chi connectivity index (χ4n) is 1.43. The summed E-state index contributed by atoms with van der Waals surface area (Å²) in [4.78, 5) is 10.8. The van der Waals surface area contributed by atoms with Crippen LogP contribution in [0.15, 0.2) is 30.5 Å². The van der Waals surface area contributed by atoms with Gasteiger partial charge in [-0.1, -0.05) is 6.07 Å². The molecule has 72 valence electrons. The lowest BCUT2D eigenvalue weighted by Crippen LogP contribution is -2.11. The first-order valence-corrected chi connectivity index (χ1v) is 4.35. The molecule has 2 rings (SSSR count). The molecule has 1 N–H and O–H groups in total. The molecule has 4 nitrogen and oxygen atoms in total. The van der Waals surface area contributed by atoms with Crippen LogP contribution in [0.4, 0.5) is 0 Å². The fraction of sp³-hybridized carbons (Fsp3) is 0.200. The van der Waals surface area contributed by atoms with Gasteiger partial charge in [0.05, 0.1) is 17.1 Å². The molecule has 2 aromatic rings. The maximum atomic E-state index is 10.8. The first-order valence-electron chi connectivity index (χ1n) is 4.35. The van der Waals surface area contributed by atoms with Gasteiger partial charge in [0.1, 0.15) is 0 Å². The number of pyridine rings is 1. The van der Waals surface area contributed by atoms with Crippen LogP contribution in [-0.4, -0.2) is 20.7 Å². The van der Waals surface area contributed by atoms with Gasteiger partial charge < -0.3 is 5.11 Å². The van der Waals surface area contributed by atoms with E-state index in [4.69, 9.17) is 5.11 Å². The number of hydrogen-bond acceptors (Lipinski definition) is 2. The minimum Gasteiger partial charge on any atom is -0.481 e. The van der Waals surface area contributed by atoms with Crippen LogP contribution in [0.3, 0.4) is 0 Å². The normalized spacial score (nSPS) is 12.9. The molecule has 0 aliphatic carbocycles. The SMILES string of the molecule is CC(C(=O)O)c1cccc2ccnn12. The Morgan fingerprint density at radius 1 is 1.50 bits per heavy atom. The number of fused-ring (bicyclic) bond motifs is 1. The molecule has 0 aliphatic heterocycles. The zero-order valence-electron chi connectivity index (χ0n) is 7.71. The topological polar surface area (TPSA) is 54.6 Å². The van der Waals surface area contributed by atoms with Crippen LogP contribution < -0.4 is 0 Å². The average molecular weight is 190 g/mol. The van der Waals surface area contributed by atoms with Gasteiger partial charge in [-0.15, -0.1) is 0 Å². The first kappa shape index (κ1) is 8.74. The Bertz CT molecular complexity index is 476. The summed E-state index contributed by atoms with van der Waals surface area (Å²) in [6.45, 7) is 1.65. The van der Waals surface area contributed by atoms with Crippen molar-refractivity contribution >= 4 is 11.5 Å². The van der Waals surface area contributed by atoms with Crippen LogP contribution in [0.5, 0.6) is 0 Å². The number of carboxylic acid groups (broad SMARTS) is 1. The number of aromatic nitrogens is 2. The second kappa shape index (κ2) is 3.14. The van der Waals surface area contributed by atoms with Crippen molar-refractivity contribution in [3.8, 4) is 0 Å². The van der Waals surface area contributed by atoms with E-state index in [9.17, 15) is 4.79 Å². The van der Waals surface area contributed by atoms with Crippen molar-refractivity contribution in [2.24, 2.45) is 0 Å². The third-order valence-electron chi connectivity index (χ3n) is 2.26. The summed E-state index contributed by atoms with van der Waals surface area (Å²) in [5.41, 5.74) is 1.61. The van der Waals surface area contributed by atoms with E-state index in [0.29, 0.717) is 5.69 Å². The van der Waals surface area contributed by atoms with Crippen LogP contribution in [0.25, 0.3) is 5.52 Å². The molecule has 0 fully saturated rings. The fourth-order valence-corrected chi connectivity index (χ4v) is 1.43. The Labute approximate surface area is 80.8 Å². The van der Waals surface area contributed by atoms with Gasteiger partial charge in [-0.3, -0.25) is 4.79 Å². The molecule has 1 atom stereocenters. The largest absolute Gasteiger partial charge is 0.481 e. The molecule has 1 unspecified atom stereocenters. The van der Waals surface area contributed by atoms with Crippen molar-refractivity contribution in [3.63, 3.8) is 0 Å². The van der Waals surface area contributed by atoms with Crippen molar-refractivity contribution in [2.75, 3.05) is 0 Å². The van der Waals surface area contributed by atoms with E-state index in [0.717, 1.165) is 5.52 Å². The smallest absolute Gasteiger partial charge is 0.312 e. The molecule has 14 heavy (non-hydrogen) atoms. The summed E-state index contributed by atoms with van der Waals surface area (Å²) < 4.78 is 1.65. The van der Waals surface area contributed by atoms with E-state index >= 15 is 0 Å². The summed E-state index contributed by atoms with van der Waals surface area (Å²) in [5.74, 6) is -1.38. The molecule has 0 amide bonds. The van der Waals surface area contributed by atoms with E-state index in [1.165, 1.54) is 0 Å². The molecule has 0 aliphatic rings. The average Bonchev–Trinajstić information content (AvgIpc) is 2.63. The zero-order chi connectivity index (χ0) is 10.1. The highest BCUT2D eigenvalue weighted by molar-refractivity contribution is 5.75. The van der Waals surface area contributed by atoms with Crippen molar-refractivity contribution in [1.82, 2.24) is 9.61 Å². The second-order valence-electron chi connectivity index (χ2n) is 3.18. The van der Waals surface area contributed by atoms with E-state index in [2.05, 4.69) is 5.10 Å².